The Morgan fingerprint density at radius 3 is 2.68 bits per heavy atom. The second-order valence-corrected chi connectivity index (χ2v) is 5.78. The molecule has 0 radical (unpaired) electrons. The van der Waals surface area contributed by atoms with E-state index in [0.717, 1.165) is 24.4 Å². The van der Waals surface area contributed by atoms with E-state index in [1.807, 2.05) is 13.0 Å². The lowest BCUT2D eigenvalue weighted by molar-refractivity contribution is 0.420. The second-order valence-electron chi connectivity index (χ2n) is 5.78. The molecule has 0 spiro atoms. The molecule has 0 unspecified atom stereocenters. The molecule has 1 aliphatic rings. The van der Waals surface area contributed by atoms with E-state index in [1.165, 1.54) is 19.3 Å². The van der Waals surface area contributed by atoms with Crippen LogP contribution in [0.4, 0.5) is 0 Å². The first kappa shape index (κ1) is 14.5. The first-order valence-electron chi connectivity index (χ1n) is 7.66. The molecule has 0 aromatic carbocycles. The zero-order valence-corrected chi connectivity index (χ0v) is 12.6. The van der Waals surface area contributed by atoms with Gasteiger partial charge in [0, 0.05) is 17.7 Å². The monoisotopic (exact) mass is 294 g/mol. The summed E-state index contributed by atoms with van der Waals surface area (Å²) in [5.41, 5.74) is 1.69. The van der Waals surface area contributed by atoms with Gasteiger partial charge in [-0.15, -0.1) is 0 Å². The van der Waals surface area contributed by atoms with E-state index >= 15 is 0 Å². The van der Waals surface area contributed by atoms with Crippen LogP contribution in [0, 0.1) is 18.3 Å². The molecule has 0 atom stereocenters. The summed E-state index contributed by atoms with van der Waals surface area (Å²) in [6, 6.07) is 6.93. The Morgan fingerprint density at radius 2 is 2.05 bits per heavy atom. The van der Waals surface area contributed by atoms with Crippen LogP contribution in [0.2, 0.25) is 0 Å². The smallest absolute Gasteiger partial charge is 0.258 e. The molecule has 5 heteroatoms. The van der Waals surface area contributed by atoms with Crippen molar-refractivity contribution in [1.29, 1.82) is 5.26 Å². The Balaban J connectivity index is 2.12. The van der Waals surface area contributed by atoms with Crippen molar-refractivity contribution < 1.29 is 0 Å². The van der Waals surface area contributed by atoms with Crippen LogP contribution in [0.25, 0.3) is 5.69 Å². The molecule has 2 aromatic heterocycles. The van der Waals surface area contributed by atoms with Gasteiger partial charge in [-0.1, -0.05) is 19.3 Å². The average molecular weight is 294 g/mol. The van der Waals surface area contributed by atoms with E-state index in [4.69, 9.17) is 5.26 Å². The number of nitrogens with zero attached hydrogens (tertiary/aromatic N) is 4. The van der Waals surface area contributed by atoms with Gasteiger partial charge < -0.3 is 0 Å². The fourth-order valence-electron chi connectivity index (χ4n) is 3.10. The number of pyridine rings is 1. The number of rotatable bonds is 2. The van der Waals surface area contributed by atoms with Gasteiger partial charge in [0.15, 0.2) is 0 Å². The minimum absolute atomic E-state index is 0.0837. The van der Waals surface area contributed by atoms with E-state index in [2.05, 4.69) is 9.97 Å². The summed E-state index contributed by atoms with van der Waals surface area (Å²) in [6.07, 6.45) is 7.33. The summed E-state index contributed by atoms with van der Waals surface area (Å²) >= 11 is 0. The minimum atomic E-state index is -0.0837. The molecule has 0 saturated heterocycles. The predicted octanol–water partition coefficient (Wildman–Crippen LogP) is 2.86. The van der Waals surface area contributed by atoms with Crippen LogP contribution >= 0.6 is 0 Å². The zero-order valence-electron chi connectivity index (χ0n) is 12.6. The molecule has 2 aromatic rings. The fraction of sp³-hybridized carbons (Fsp3) is 0.412. The first-order chi connectivity index (χ1) is 10.7. The van der Waals surface area contributed by atoms with E-state index in [1.54, 1.807) is 29.0 Å². The van der Waals surface area contributed by atoms with E-state index in [-0.39, 0.29) is 5.56 Å². The fourth-order valence-corrected chi connectivity index (χ4v) is 3.10. The average Bonchev–Trinajstić information content (AvgIpc) is 2.55. The predicted molar refractivity (Wildman–Crippen MR) is 82.9 cm³/mol. The van der Waals surface area contributed by atoms with Crippen LogP contribution in [-0.2, 0) is 0 Å². The van der Waals surface area contributed by atoms with Crippen LogP contribution in [-0.4, -0.2) is 14.5 Å². The molecule has 112 valence electrons. The maximum atomic E-state index is 12.5. The quantitative estimate of drug-likeness (QED) is 0.853. The van der Waals surface area contributed by atoms with Crippen LogP contribution in [0.1, 0.15) is 55.2 Å². The lowest BCUT2D eigenvalue weighted by Crippen LogP contribution is -2.26. The maximum absolute atomic E-state index is 12.5. The minimum Gasteiger partial charge on any atom is -0.269 e. The highest BCUT2D eigenvalue weighted by Crippen LogP contribution is 2.32. The van der Waals surface area contributed by atoms with Crippen LogP contribution < -0.4 is 5.56 Å². The van der Waals surface area contributed by atoms with E-state index < -0.39 is 0 Å². The van der Waals surface area contributed by atoms with Gasteiger partial charge in [-0.05, 0) is 31.9 Å². The standard InChI is InChI=1S/C17H18N4O/c1-12-9-16(22)21(15-8-7-14(10-18)19-11-15)17(20-12)13-5-3-2-4-6-13/h7-9,11,13H,2-6H2,1H3. The Kier molecular flexibility index (Phi) is 4.01. The molecule has 2 heterocycles. The summed E-state index contributed by atoms with van der Waals surface area (Å²) in [4.78, 5) is 21.2. The van der Waals surface area contributed by atoms with Gasteiger partial charge in [0.2, 0.25) is 0 Å². The third-order valence-electron chi connectivity index (χ3n) is 4.16. The molecule has 1 fully saturated rings. The topological polar surface area (TPSA) is 71.6 Å². The molecule has 0 bridgehead atoms. The summed E-state index contributed by atoms with van der Waals surface area (Å²) in [7, 11) is 0. The highest BCUT2D eigenvalue weighted by atomic mass is 16.1. The lowest BCUT2D eigenvalue weighted by atomic mass is 9.88. The van der Waals surface area contributed by atoms with Crippen molar-refractivity contribution in [3.05, 3.63) is 52.0 Å². The molecule has 1 aliphatic carbocycles. The SMILES string of the molecule is Cc1cc(=O)n(-c2ccc(C#N)nc2)c(C2CCCCC2)n1. The van der Waals surface area contributed by atoms with Gasteiger partial charge in [0.25, 0.3) is 5.56 Å². The van der Waals surface area contributed by atoms with Crippen molar-refractivity contribution in [2.75, 3.05) is 0 Å². The molecule has 0 amide bonds. The van der Waals surface area contributed by atoms with E-state index in [0.29, 0.717) is 17.3 Å². The highest BCUT2D eigenvalue weighted by Gasteiger charge is 2.22. The van der Waals surface area contributed by atoms with Crippen molar-refractivity contribution in [3.63, 3.8) is 0 Å². The molecular weight excluding hydrogens is 276 g/mol. The Morgan fingerprint density at radius 1 is 1.27 bits per heavy atom. The van der Waals surface area contributed by atoms with Crippen molar-refractivity contribution in [1.82, 2.24) is 14.5 Å². The van der Waals surface area contributed by atoms with Gasteiger partial charge in [0.1, 0.15) is 17.6 Å². The number of hydrogen-bond acceptors (Lipinski definition) is 4. The van der Waals surface area contributed by atoms with Crippen LogP contribution in [0.3, 0.4) is 0 Å². The normalized spacial score (nSPS) is 15.5. The van der Waals surface area contributed by atoms with Crippen molar-refractivity contribution in [3.8, 4) is 11.8 Å². The summed E-state index contributed by atoms with van der Waals surface area (Å²) in [6.45, 7) is 1.86. The third kappa shape index (κ3) is 2.77. The molecule has 3 rings (SSSR count). The highest BCUT2D eigenvalue weighted by molar-refractivity contribution is 5.35. The van der Waals surface area contributed by atoms with Gasteiger partial charge >= 0.3 is 0 Å². The molecular formula is C17H18N4O. The number of hydrogen-bond donors (Lipinski definition) is 0. The number of nitriles is 1. The molecule has 0 aliphatic heterocycles. The van der Waals surface area contributed by atoms with E-state index in [9.17, 15) is 4.79 Å². The molecule has 0 N–H and O–H groups in total. The van der Waals surface area contributed by atoms with Gasteiger partial charge in [-0.25, -0.2) is 9.97 Å². The maximum Gasteiger partial charge on any atom is 0.258 e. The number of aryl methyl sites for hydroxylation is 1. The van der Waals surface area contributed by atoms with Gasteiger partial charge in [0.05, 0.1) is 11.9 Å². The van der Waals surface area contributed by atoms with Crippen LogP contribution in [0.5, 0.6) is 0 Å². The van der Waals surface area contributed by atoms with Crippen molar-refractivity contribution in [2.24, 2.45) is 0 Å². The summed E-state index contributed by atoms with van der Waals surface area (Å²) in [5.74, 6) is 1.15. The molecule has 1 saturated carbocycles. The third-order valence-corrected chi connectivity index (χ3v) is 4.16. The van der Waals surface area contributed by atoms with Gasteiger partial charge in [-0.2, -0.15) is 5.26 Å². The summed E-state index contributed by atoms with van der Waals surface area (Å²) < 4.78 is 1.65. The Hall–Kier alpha value is -2.48. The van der Waals surface area contributed by atoms with Gasteiger partial charge in [-0.3, -0.25) is 9.36 Å². The van der Waals surface area contributed by atoms with Crippen LogP contribution in [0.15, 0.2) is 29.2 Å². The Bertz CT molecular complexity index is 765. The Labute approximate surface area is 129 Å². The van der Waals surface area contributed by atoms with Crippen molar-refractivity contribution in [2.45, 2.75) is 44.9 Å². The molecule has 22 heavy (non-hydrogen) atoms. The summed E-state index contributed by atoms with van der Waals surface area (Å²) in [5, 5.41) is 8.86. The first-order valence-corrected chi connectivity index (χ1v) is 7.66. The zero-order chi connectivity index (χ0) is 15.5. The largest absolute Gasteiger partial charge is 0.269 e. The lowest BCUT2D eigenvalue weighted by Gasteiger charge is -2.24. The van der Waals surface area contributed by atoms with Crippen molar-refractivity contribution >= 4 is 0 Å². The second kappa shape index (κ2) is 6.10. The molecule has 5 nitrogen and oxygen atoms in total. The number of aromatic nitrogens is 3.